The van der Waals surface area contributed by atoms with E-state index in [1.165, 1.54) is 5.56 Å². The predicted molar refractivity (Wildman–Crippen MR) is 106 cm³/mol. The van der Waals surface area contributed by atoms with Crippen molar-refractivity contribution in [2.24, 2.45) is 0 Å². The Hall–Kier alpha value is -1.99. The minimum Gasteiger partial charge on any atom is -0.345 e. The van der Waals surface area contributed by atoms with Crippen LogP contribution in [0.25, 0.3) is 0 Å². The molecule has 7 heteroatoms. The highest BCUT2D eigenvalue weighted by Crippen LogP contribution is 2.13. The van der Waals surface area contributed by atoms with Gasteiger partial charge in [-0.25, -0.2) is 4.98 Å². The van der Waals surface area contributed by atoms with E-state index in [1.54, 1.807) is 11.3 Å². The number of hydrogen-bond acceptors (Lipinski definition) is 4. The summed E-state index contributed by atoms with van der Waals surface area (Å²) < 4.78 is 0. The van der Waals surface area contributed by atoms with Gasteiger partial charge < -0.3 is 15.1 Å². The van der Waals surface area contributed by atoms with Crippen molar-refractivity contribution in [3.63, 3.8) is 0 Å². The fourth-order valence-electron chi connectivity index (χ4n) is 2.72. The summed E-state index contributed by atoms with van der Waals surface area (Å²) in [5.41, 5.74) is 3.19. The number of carbonyl (C=O) groups is 1. The van der Waals surface area contributed by atoms with Crippen LogP contribution in [0.1, 0.15) is 16.3 Å². The fraction of sp³-hybridized carbons (Fsp3) is 0.389. The van der Waals surface area contributed by atoms with E-state index in [0.29, 0.717) is 24.6 Å². The van der Waals surface area contributed by atoms with Crippen molar-refractivity contribution in [2.45, 2.75) is 20.3 Å². The Balaban J connectivity index is 1.48. The highest BCUT2D eigenvalue weighted by atomic mass is 32.1. The number of anilines is 1. The van der Waals surface area contributed by atoms with Gasteiger partial charge in [-0.1, -0.05) is 17.7 Å². The van der Waals surface area contributed by atoms with Crippen molar-refractivity contribution >= 4 is 40.3 Å². The van der Waals surface area contributed by atoms with E-state index >= 15 is 0 Å². The maximum Gasteiger partial charge on any atom is 0.229 e. The molecule has 1 N–H and O–H groups in total. The molecule has 132 valence electrons. The second-order valence-corrected chi connectivity index (χ2v) is 7.55. The molecule has 2 heterocycles. The van der Waals surface area contributed by atoms with Gasteiger partial charge in [0.15, 0.2) is 5.11 Å². The molecule has 0 bridgehead atoms. The number of amides is 1. The second kappa shape index (κ2) is 7.93. The summed E-state index contributed by atoms with van der Waals surface area (Å²) in [5, 5.41) is 6.86. The zero-order chi connectivity index (χ0) is 17.8. The van der Waals surface area contributed by atoms with Crippen molar-refractivity contribution in [1.29, 1.82) is 0 Å². The number of thiocarbonyl (C=S) groups is 1. The molecule has 0 unspecified atom stereocenters. The quantitative estimate of drug-likeness (QED) is 0.837. The molecule has 0 saturated carbocycles. The van der Waals surface area contributed by atoms with Gasteiger partial charge >= 0.3 is 0 Å². The van der Waals surface area contributed by atoms with Crippen LogP contribution in [0.3, 0.4) is 0 Å². The van der Waals surface area contributed by atoms with Crippen molar-refractivity contribution in [2.75, 3.05) is 31.5 Å². The summed E-state index contributed by atoms with van der Waals surface area (Å²) in [5.74, 6) is 0.145. The third-order valence-corrected chi connectivity index (χ3v) is 5.52. The Morgan fingerprint density at radius 1 is 1.16 bits per heavy atom. The average Bonchev–Trinajstić information content (AvgIpc) is 3.02. The van der Waals surface area contributed by atoms with Crippen LogP contribution in [0.4, 0.5) is 5.69 Å². The standard InChI is InChI=1S/C18H22N4OS2/c1-13-3-5-15(6-4-13)20-18(24)22-9-7-21(8-10-22)17(23)11-16-19-14(2)12-25-16/h3-6,12H,7-11H2,1-2H3,(H,20,24). The van der Waals surface area contributed by atoms with E-state index in [2.05, 4.69) is 34.3 Å². The molecule has 0 aliphatic carbocycles. The molecular formula is C18H22N4OS2. The van der Waals surface area contributed by atoms with Crippen LogP contribution in [0.15, 0.2) is 29.6 Å². The Kier molecular flexibility index (Phi) is 5.65. The molecular weight excluding hydrogens is 352 g/mol. The summed E-state index contributed by atoms with van der Waals surface area (Å²) in [6.45, 7) is 6.90. The van der Waals surface area contributed by atoms with Gasteiger partial charge in [-0.05, 0) is 38.2 Å². The Morgan fingerprint density at radius 3 is 2.40 bits per heavy atom. The van der Waals surface area contributed by atoms with E-state index < -0.39 is 0 Å². The molecule has 0 atom stereocenters. The number of carbonyl (C=O) groups excluding carboxylic acids is 1. The fourth-order valence-corrected chi connectivity index (χ4v) is 3.79. The molecule has 1 aliphatic rings. The zero-order valence-electron chi connectivity index (χ0n) is 14.5. The van der Waals surface area contributed by atoms with Gasteiger partial charge in [-0.3, -0.25) is 4.79 Å². The first-order valence-corrected chi connectivity index (χ1v) is 9.61. The SMILES string of the molecule is Cc1ccc(NC(=S)N2CCN(C(=O)Cc3nc(C)cs3)CC2)cc1. The highest BCUT2D eigenvalue weighted by Gasteiger charge is 2.23. The van der Waals surface area contributed by atoms with Crippen LogP contribution in [0.2, 0.25) is 0 Å². The second-order valence-electron chi connectivity index (χ2n) is 6.22. The third-order valence-electron chi connectivity index (χ3n) is 4.19. The molecule has 0 spiro atoms. The monoisotopic (exact) mass is 374 g/mol. The zero-order valence-corrected chi connectivity index (χ0v) is 16.1. The van der Waals surface area contributed by atoms with E-state index in [9.17, 15) is 4.79 Å². The molecule has 1 saturated heterocycles. The van der Waals surface area contributed by atoms with E-state index in [4.69, 9.17) is 12.2 Å². The first-order valence-electron chi connectivity index (χ1n) is 8.32. The maximum atomic E-state index is 12.4. The Labute approximate surface area is 157 Å². The number of aromatic nitrogens is 1. The predicted octanol–water partition coefficient (Wildman–Crippen LogP) is 2.84. The molecule has 2 aromatic rings. The summed E-state index contributed by atoms with van der Waals surface area (Å²) in [6.07, 6.45) is 0.393. The molecule has 1 aliphatic heterocycles. The van der Waals surface area contributed by atoms with E-state index in [1.807, 2.05) is 29.3 Å². The molecule has 1 aromatic carbocycles. The Morgan fingerprint density at radius 2 is 1.80 bits per heavy atom. The minimum atomic E-state index is 0.145. The summed E-state index contributed by atoms with van der Waals surface area (Å²) >= 11 is 7.05. The first-order chi connectivity index (χ1) is 12.0. The summed E-state index contributed by atoms with van der Waals surface area (Å²) in [7, 11) is 0. The van der Waals surface area contributed by atoms with Crippen LogP contribution >= 0.6 is 23.6 Å². The average molecular weight is 375 g/mol. The number of aryl methyl sites for hydroxylation is 2. The molecule has 1 fully saturated rings. The molecule has 1 amide bonds. The van der Waals surface area contributed by atoms with Gasteiger partial charge in [0.1, 0.15) is 5.01 Å². The number of piperazine rings is 1. The normalized spacial score (nSPS) is 14.5. The molecule has 5 nitrogen and oxygen atoms in total. The number of benzene rings is 1. The lowest BCUT2D eigenvalue weighted by atomic mass is 10.2. The van der Waals surface area contributed by atoms with Gasteiger partial charge in [0.2, 0.25) is 5.91 Å². The number of nitrogens with one attached hydrogen (secondary N) is 1. The largest absolute Gasteiger partial charge is 0.345 e. The van der Waals surface area contributed by atoms with Crippen LogP contribution < -0.4 is 5.32 Å². The molecule has 1 aromatic heterocycles. The number of hydrogen-bond donors (Lipinski definition) is 1. The number of thiazole rings is 1. The van der Waals surface area contributed by atoms with Crippen molar-refractivity contribution in [3.05, 3.63) is 45.9 Å². The molecule has 0 radical (unpaired) electrons. The van der Waals surface area contributed by atoms with Crippen molar-refractivity contribution in [3.8, 4) is 0 Å². The van der Waals surface area contributed by atoms with Gasteiger partial charge in [-0.2, -0.15) is 0 Å². The lowest BCUT2D eigenvalue weighted by Crippen LogP contribution is -2.51. The van der Waals surface area contributed by atoms with Gasteiger partial charge in [0, 0.05) is 42.9 Å². The lowest BCUT2D eigenvalue weighted by molar-refractivity contribution is -0.131. The van der Waals surface area contributed by atoms with Gasteiger partial charge in [-0.15, -0.1) is 11.3 Å². The van der Waals surface area contributed by atoms with E-state index in [0.717, 1.165) is 29.5 Å². The number of rotatable bonds is 3. The van der Waals surface area contributed by atoms with Crippen LogP contribution in [0.5, 0.6) is 0 Å². The smallest absolute Gasteiger partial charge is 0.229 e. The van der Waals surface area contributed by atoms with Crippen molar-refractivity contribution in [1.82, 2.24) is 14.8 Å². The van der Waals surface area contributed by atoms with Gasteiger partial charge in [0.05, 0.1) is 6.42 Å². The third kappa shape index (κ3) is 4.76. The van der Waals surface area contributed by atoms with Crippen molar-refractivity contribution < 1.29 is 4.79 Å². The topological polar surface area (TPSA) is 48.5 Å². The Bertz CT molecular complexity index is 749. The van der Waals surface area contributed by atoms with Crippen LogP contribution in [-0.4, -0.2) is 52.0 Å². The first kappa shape index (κ1) is 17.8. The highest BCUT2D eigenvalue weighted by molar-refractivity contribution is 7.80. The van der Waals surface area contributed by atoms with Gasteiger partial charge in [0.25, 0.3) is 0 Å². The van der Waals surface area contributed by atoms with E-state index in [-0.39, 0.29) is 5.91 Å². The lowest BCUT2D eigenvalue weighted by Gasteiger charge is -2.36. The summed E-state index contributed by atoms with van der Waals surface area (Å²) in [6, 6.07) is 8.17. The minimum absolute atomic E-state index is 0.145. The van der Waals surface area contributed by atoms with Crippen LogP contribution in [-0.2, 0) is 11.2 Å². The molecule has 3 rings (SSSR count). The van der Waals surface area contributed by atoms with Crippen LogP contribution in [0, 0.1) is 13.8 Å². The molecule has 25 heavy (non-hydrogen) atoms. The maximum absolute atomic E-state index is 12.4. The number of nitrogens with zero attached hydrogens (tertiary/aromatic N) is 3. The summed E-state index contributed by atoms with van der Waals surface area (Å²) in [4.78, 5) is 20.8.